The molecule has 0 radical (unpaired) electrons. The van der Waals surface area contributed by atoms with Gasteiger partial charge in [0.1, 0.15) is 0 Å². The average molecular weight is 218 g/mol. The zero-order valence-electron chi connectivity index (χ0n) is 9.63. The molecular formula is C12H26OS. The minimum atomic E-state index is 0.932. The Bertz CT molecular complexity index is 84.3. The molecule has 14 heavy (non-hydrogen) atoms. The lowest BCUT2D eigenvalue weighted by molar-refractivity contribution is 0.130. The maximum Gasteiger partial charge on any atom is 0.0466 e. The highest BCUT2D eigenvalue weighted by atomic mass is 32.1. The Morgan fingerprint density at radius 3 is 1.93 bits per heavy atom. The smallest absolute Gasteiger partial charge is 0.0466 e. The molecule has 0 N–H and O–H groups in total. The topological polar surface area (TPSA) is 9.23 Å². The molecular weight excluding hydrogens is 192 g/mol. The predicted octanol–water partition coefficient (Wildman–Crippen LogP) is 4.07. The largest absolute Gasteiger partial charge is 0.381 e. The van der Waals surface area contributed by atoms with E-state index < -0.39 is 0 Å². The van der Waals surface area contributed by atoms with Gasteiger partial charge < -0.3 is 4.74 Å². The van der Waals surface area contributed by atoms with Crippen LogP contribution in [0.4, 0.5) is 0 Å². The Balaban J connectivity index is 2.78. The van der Waals surface area contributed by atoms with Gasteiger partial charge in [-0.05, 0) is 25.0 Å². The van der Waals surface area contributed by atoms with Crippen LogP contribution >= 0.6 is 12.6 Å². The summed E-state index contributed by atoms with van der Waals surface area (Å²) in [4.78, 5) is 0. The third-order valence-electron chi connectivity index (χ3n) is 2.30. The first-order valence-corrected chi connectivity index (χ1v) is 6.73. The minimum absolute atomic E-state index is 0.932. The van der Waals surface area contributed by atoms with Crippen LogP contribution in [0.5, 0.6) is 0 Å². The molecule has 0 aliphatic heterocycles. The lowest BCUT2D eigenvalue weighted by Crippen LogP contribution is -1.95. The fraction of sp³-hybridized carbons (Fsp3) is 1.00. The van der Waals surface area contributed by atoms with Crippen molar-refractivity contribution in [3.63, 3.8) is 0 Å². The van der Waals surface area contributed by atoms with Crippen molar-refractivity contribution < 1.29 is 4.74 Å². The molecule has 0 atom stereocenters. The molecule has 0 aliphatic rings. The number of hydrogen-bond donors (Lipinski definition) is 1. The second-order valence-electron chi connectivity index (χ2n) is 3.81. The van der Waals surface area contributed by atoms with Crippen molar-refractivity contribution >= 4 is 12.6 Å². The predicted molar refractivity (Wildman–Crippen MR) is 67.3 cm³/mol. The van der Waals surface area contributed by atoms with Crippen LogP contribution in [0, 0.1) is 0 Å². The van der Waals surface area contributed by atoms with E-state index in [-0.39, 0.29) is 0 Å². The van der Waals surface area contributed by atoms with Crippen molar-refractivity contribution in [1.82, 2.24) is 0 Å². The number of unbranched alkanes of at least 4 members (excludes halogenated alkanes) is 6. The van der Waals surface area contributed by atoms with E-state index in [4.69, 9.17) is 4.74 Å². The van der Waals surface area contributed by atoms with Crippen LogP contribution in [0.25, 0.3) is 0 Å². The molecule has 0 aromatic carbocycles. The summed E-state index contributed by atoms with van der Waals surface area (Å²) < 4.78 is 5.42. The van der Waals surface area contributed by atoms with Gasteiger partial charge in [-0.25, -0.2) is 0 Å². The molecule has 2 heteroatoms. The minimum Gasteiger partial charge on any atom is -0.381 e. The van der Waals surface area contributed by atoms with Crippen molar-refractivity contribution in [2.75, 3.05) is 19.0 Å². The molecule has 0 aromatic rings. The number of rotatable bonds is 11. The summed E-state index contributed by atoms with van der Waals surface area (Å²) in [6, 6.07) is 0. The molecule has 1 nitrogen and oxygen atoms in total. The second kappa shape index (κ2) is 13.3. The highest BCUT2D eigenvalue weighted by Gasteiger charge is 1.91. The van der Waals surface area contributed by atoms with Gasteiger partial charge in [0.2, 0.25) is 0 Å². The SMILES string of the molecule is CCCOCCCCCCCCCS. The quantitative estimate of drug-likeness (QED) is 0.406. The van der Waals surface area contributed by atoms with Gasteiger partial charge in [0.25, 0.3) is 0 Å². The van der Waals surface area contributed by atoms with Gasteiger partial charge in [-0.3, -0.25) is 0 Å². The van der Waals surface area contributed by atoms with E-state index >= 15 is 0 Å². The summed E-state index contributed by atoms with van der Waals surface area (Å²) in [6.07, 6.45) is 10.5. The monoisotopic (exact) mass is 218 g/mol. The van der Waals surface area contributed by atoms with E-state index in [9.17, 15) is 0 Å². The summed E-state index contributed by atoms with van der Waals surface area (Å²) in [6.45, 7) is 4.05. The Kier molecular flexibility index (Phi) is 13.6. The van der Waals surface area contributed by atoms with Crippen molar-refractivity contribution in [1.29, 1.82) is 0 Å². The lowest BCUT2D eigenvalue weighted by atomic mass is 10.1. The van der Waals surface area contributed by atoms with E-state index in [1.165, 1.54) is 44.9 Å². The van der Waals surface area contributed by atoms with Crippen molar-refractivity contribution in [3.05, 3.63) is 0 Å². The Morgan fingerprint density at radius 1 is 0.786 bits per heavy atom. The molecule has 0 bridgehead atoms. The Morgan fingerprint density at radius 2 is 1.36 bits per heavy atom. The average Bonchev–Trinajstić information content (AvgIpc) is 2.21. The maximum absolute atomic E-state index is 5.42. The fourth-order valence-corrected chi connectivity index (χ4v) is 1.67. The van der Waals surface area contributed by atoms with E-state index in [0.717, 1.165) is 25.4 Å². The summed E-state index contributed by atoms with van der Waals surface area (Å²) in [5.41, 5.74) is 0. The first kappa shape index (κ1) is 14.3. The standard InChI is InChI=1S/C12H26OS/c1-2-10-13-11-8-6-4-3-5-7-9-12-14/h14H,2-12H2,1H3. The van der Waals surface area contributed by atoms with Crippen LogP contribution in [-0.2, 0) is 4.74 Å². The van der Waals surface area contributed by atoms with Gasteiger partial charge in [0.05, 0.1) is 0 Å². The molecule has 0 saturated carbocycles. The normalized spacial score (nSPS) is 10.7. The Hall–Kier alpha value is 0.310. The van der Waals surface area contributed by atoms with Crippen LogP contribution in [-0.4, -0.2) is 19.0 Å². The van der Waals surface area contributed by atoms with Crippen molar-refractivity contribution in [2.45, 2.75) is 58.3 Å². The van der Waals surface area contributed by atoms with E-state index in [0.29, 0.717) is 0 Å². The summed E-state index contributed by atoms with van der Waals surface area (Å²) in [5, 5.41) is 0. The van der Waals surface area contributed by atoms with Crippen molar-refractivity contribution in [3.8, 4) is 0 Å². The maximum atomic E-state index is 5.42. The number of ether oxygens (including phenoxy) is 1. The molecule has 0 spiro atoms. The highest BCUT2D eigenvalue weighted by molar-refractivity contribution is 7.80. The molecule has 0 aromatic heterocycles. The zero-order chi connectivity index (χ0) is 10.5. The van der Waals surface area contributed by atoms with Crippen molar-refractivity contribution in [2.24, 2.45) is 0 Å². The van der Waals surface area contributed by atoms with Crippen LogP contribution in [0.1, 0.15) is 58.3 Å². The van der Waals surface area contributed by atoms with Crippen LogP contribution in [0.2, 0.25) is 0 Å². The van der Waals surface area contributed by atoms with Crippen LogP contribution in [0.15, 0.2) is 0 Å². The number of thiol groups is 1. The molecule has 0 heterocycles. The van der Waals surface area contributed by atoms with Gasteiger partial charge >= 0.3 is 0 Å². The number of hydrogen-bond acceptors (Lipinski definition) is 2. The molecule has 0 amide bonds. The third-order valence-corrected chi connectivity index (χ3v) is 2.61. The molecule has 0 rings (SSSR count). The molecule has 0 unspecified atom stereocenters. The summed E-state index contributed by atoms with van der Waals surface area (Å²) in [7, 11) is 0. The zero-order valence-corrected chi connectivity index (χ0v) is 10.5. The third kappa shape index (κ3) is 12.3. The van der Waals surface area contributed by atoms with Gasteiger partial charge in [-0.1, -0.05) is 39.0 Å². The summed E-state index contributed by atoms with van der Waals surface area (Å²) >= 11 is 4.20. The first-order chi connectivity index (χ1) is 6.91. The second-order valence-corrected chi connectivity index (χ2v) is 4.26. The molecule has 0 saturated heterocycles. The van der Waals surface area contributed by atoms with E-state index in [2.05, 4.69) is 19.6 Å². The molecule has 0 fully saturated rings. The lowest BCUT2D eigenvalue weighted by Gasteiger charge is -2.02. The highest BCUT2D eigenvalue weighted by Crippen LogP contribution is 2.07. The van der Waals surface area contributed by atoms with Crippen LogP contribution < -0.4 is 0 Å². The van der Waals surface area contributed by atoms with Gasteiger partial charge in [0, 0.05) is 13.2 Å². The van der Waals surface area contributed by atoms with Gasteiger partial charge in [-0.2, -0.15) is 12.6 Å². The molecule has 86 valence electrons. The first-order valence-electron chi connectivity index (χ1n) is 6.10. The van der Waals surface area contributed by atoms with E-state index in [1.54, 1.807) is 0 Å². The fourth-order valence-electron chi connectivity index (χ4n) is 1.45. The molecule has 0 aliphatic carbocycles. The van der Waals surface area contributed by atoms with Gasteiger partial charge in [-0.15, -0.1) is 0 Å². The van der Waals surface area contributed by atoms with Crippen LogP contribution in [0.3, 0.4) is 0 Å². The Labute approximate surface area is 95.0 Å². The van der Waals surface area contributed by atoms with E-state index in [1.807, 2.05) is 0 Å². The van der Waals surface area contributed by atoms with Gasteiger partial charge in [0.15, 0.2) is 0 Å². The summed E-state index contributed by atoms with van der Waals surface area (Å²) in [5.74, 6) is 1.05.